The molecule has 22 heavy (non-hydrogen) atoms. The fourth-order valence-corrected chi connectivity index (χ4v) is 2.44. The minimum Gasteiger partial charge on any atom is -0.508 e. The van der Waals surface area contributed by atoms with Crippen LogP contribution in [0.2, 0.25) is 0 Å². The van der Waals surface area contributed by atoms with Gasteiger partial charge in [0.2, 0.25) is 0 Å². The summed E-state index contributed by atoms with van der Waals surface area (Å²) in [6.45, 7) is 0.448. The van der Waals surface area contributed by atoms with Gasteiger partial charge in [0.1, 0.15) is 5.75 Å². The van der Waals surface area contributed by atoms with E-state index in [0.717, 1.165) is 10.9 Å². The summed E-state index contributed by atoms with van der Waals surface area (Å²) in [4.78, 5) is 26.0. The van der Waals surface area contributed by atoms with Gasteiger partial charge in [0, 0.05) is 23.6 Å². The maximum absolute atomic E-state index is 12.4. The fraction of sp³-hybridized carbons (Fsp3) is 0.333. The molecule has 0 aliphatic carbocycles. The summed E-state index contributed by atoms with van der Waals surface area (Å²) in [5, 5.41) is 19.2. The lowest BCUT2D eigenvalue weighted by atomic mass is 9.97. The molecule has 0 fully saturated rings. The highest BCUT2D eigenvalue weighted by Gasteiger charge is 2.21. The van der Waals surface area contributed by atoms with Crippen molar-refractivity contribution in [2.75, 3.05) is 6.54 Å². The van der Waals surface area contributed by atoms with Gasteiger partial charge >= 0.3 is 5.97 Å². The van der Waals surface area contributed by atoms with Crippen LogP contribution in [0.15, 0.2) is 18.3 Å². The quantitative estimate of drug-likeness (QED) is 0.478. The first-order valence-electron chi connectivity index (χ1n) is 6.98. The Labute approximate surface area is 126 Å². The second-order valence-electron chi connectivity index (χ2n) is 5.17. The molecule has 0 bridgehead atoms. The molecule has 0 spiro atoms. The second-order valence-corrected chi connectivity index (χ2v) is 5.17. The van der Waals surface area contributed by atoms with E-state index in [1.165, 1.54) is 6.07 Å². The van der Waals surface area contributed by atoms with Gasteiger partial charge in [-0.05, 0) is 37.1 Å². The predicted molar refractivity (Wildman–Crippen MR) is 81.9 cm³/mol. The Balaban J connectivity index is 2.37. The number of carboxylic acid groups (broad SMARTS) is 1. The lowest BCUT2D eigenvalue weighted by Gasteiger charge is -2.11. The highest BCUT2D eigenvalue weighted by Crippen LogP contribution is 2.28. The number of nitrogens with one attached hydrogen (secondary N) is 1. The molecule has 1 aromatic carbocycles. The first kappa shape index (κ1) is 16.0. The summed E-state index contributed by atoms with van der Waals surface area (Å²) in [5.41, 5.74) is 13.1. The van der Waals surface area contributed by atoms with E-state index in [0.29, 0.717) is 18.5 Å². The van der Waals surface area contributed by atoms with Crippen molar-refractivity contribution in [1.82, 2.24) is 4.98 Å². The Hall–Kier alpha value is -2.38. The number of Topliss-reactive ketones (excluding diaryl/α,β-unsaturated/α-hetero) is 1. The Kier molecular flexibility index (Phi) is 4.79. The summed E-state index contributed by atoms with van der Waals surface area (Å²) in [7, 11) is 0. The number of carbonyl (C=O) groups is 2. The van der Waals surface area contributed by atoms with E-state index in [1.54, 1.807) is 12.3 Å². The van der Waals surface area contributed by atoms with E-state index in [-0.39, 0.29) is 24.2 Å². The largest absolute Gasteiger partial charge is 0.508 e. The van der Waals surface area contributed by atoms with Gasteiger partial charge in [-0.2, -0.15) is 0 Å². The van der Waals surface area contributed by atoms with Crippen LogP contribution in [-0.4, -0.2) is 39.5 Å². The first-order valence-corrected chi connectivity index (χ1v) is 6.98. The molecule has 2 aromatic rings. The third-order valence-electron chi connectivity index (χ3n) is 3.54. The average Bonchev–Trinajstić information content (AvgIpc) is 2.86. The second kappa shape index (κ2) is 6.59. The van der Waals surface area contributed by atoms with Crippen molar-refractivity contribution in [3.8, 4) is 5.75 Å². The number of carbonyl (C=O) groups excluding carboxylic acids is 1. The number of phenols is 1. The molecule has 7 heteroatoms. The highest BCUT2D eigenvalue weighted by molar-refractivity contribution is 6.10. The molecule has 0 aliphatic rings. The average molecular weight is 305 g/mol. The molecule has 2 rings (SSSR count). The van der Waals surface area contributed by atoms with Crippen LogP contribution in [0.4, 0.5) is 0 Å². The molecule has 0 radical (unpaired) electrons. The van der Waals surface area contributed by atoms with Crippen molar-refractivity contribution in [3.63, 3.8) is 0 Å². The van der Waals surface area contributed by atoms with E-state index < -0.39 is 17.8 Å². The zero-order valence-electron chi connectivity index (χ0n) is 12.0. The third kappa shape index (κ3) is 3.26. The molecule has 0 aliphatic heterocycles. The lowest BCUT2D eigenvalue weighted by molar-refractivity contribution is -0.137. The summed E-state index contributed by atoms with van der Waals surface area (Å²) >= 11 is 0. The lowest BCUT2D eigenvalue weighted by Crippen LogP contribution is -2.31. The smallest absolute Gasteiger partial charge is 0.303 e. The van der Waals surface area contributed by atoms with Gasteiger partial charge in [-0.3, -0.25) is 9.59 Å². The fourth-order valence-electron chi connectivity index (χ4n) is 2.44. The Morgan fingerprint density at radius 3 is 2.68 bits per heavy atom. The number of H-pyrrole nitrogens is 1. The summed E-state index contributed by atoms with van der Waals surface area (Å²) in [5.74, 6) is -1.45. The number of aromatic nitrogens is 1. The Morgan fingerprint density at radius 2 is 2.05 bits per heavy atom. The summed E-state index contributed by atoms with van der Waals surface area (Å²) in [6.07, 6.45) is 2.22. The number of aromatic hydroxyl groups is 1. The monoisotopic (exact) mass is 305 g/mol. The number of aliphatic carboxylic acids is 1. The van der Waals surface area contributed by atoms with E-state index in [2.05, 4.69) is 4.98 Å². The van der Waals surface area contributed by atoms with Crippen LogP contribution in [0.3, 0.4) is 0 Å². The minimum absolute atomic E-state index is 0.0424. The zero-order chi connectivity index (χ0) is 16.3. The molecule has 0 amide bonds. The number of carboxylic acids is 1. The van der Waals surface area contributed by atoms with Gasteiger partial charge in [0.15, 0.2) is 5.78 Å². The van der Waals surface area contributed by atoms with Crippen LogP contribution >= 0.6 is 0 Å². The number of rotatable bonds is 7. The topological polar surface area (TPSA) is 142 Å². The van der Waals surface area contributed by atoms with E-state index in [1.807, 2.05) is 0 Å². The van der Waals surface area contributed by atoms with Gasteiger partial charge in [-0.15, -0.1) is 0 Å². The summed E-state index contributed by atoms with van der Waals surface area (Å²) < 4.78 is 0. The molecule has 0 saturated carbocycles. The van der Waals surface area contributed by atoms with Gasteiger partial charge in [-0.25, -0.2) is 0 Å². The molecule has 1 aromatic heterocycles. The number of aromatic amines is 1. The van der Waals surface area contributed by atoms with E-state index in [9.17, 15) is 14.7 Å². The van der Waals surface area contributed by atoms with Gasteiger partial charge in [0.05, 0.1) is 11.6 Å². The van der Waals surface area contributed by atoms with Crippen LogP contribution in [0.25, 0.3) is 10.9 Å². The van der Waals surface area contributed by atoms with Crippen molar-refractivity contribution in [2.45, 2.75) is 25.3 Å². The number of nitrogens with two attached hydrogens (primary N) is 2. The van der Waals surface area contributed by atoms with Crippen LogP contribution in [-0.2, 0) is 11.2 Å². The van der Waals surface area contributed by atoms with Crippen LogP contribution in [0.5, 0.6) is 5.75 Å². The minimum atomic E-state index is -1.01. The van der Waals surface area contributed by atoms with E-state index in [4.69, 9.17) is 16.6 Å². The van der Waals surface area contributed by atoms with Gasteiger partial charge in [0.25, 0.3) is 0 Å². The maximum atomic E-state index is 12.4. The maximum Gasteiger partial charge on any atom is 0.303 e. The number of hydrogen-bond acceptors (Lipinski definition) is 5. The number of hydrogen-bond donors (Lipinski definition) is 5. The molecule has 118 valence electrons. The standard InChI is InChI=1S/C15H19N3O4/c16-4-3-8-7-18-14-10(8)5-9(19)6-11(14)15(22)12(17)1-2-13(20)21/h5-7,12,18-19H,1-4,16-17H2,(H,20,21)/t12-/m0/s1. The highest BCUT2D eigenvalue weighted by atomic mass is 16.4. The molecule has 7 N–H and O–H groups in total. The van der Waals surface area contributed by atoms with Crippen LogP contribution < -0.4 is 11.5 Å². The van der Waals surface area contributed by atoms with Crippen molar-refractivity contribution < 1.29 is 19.8 Å². The third-order valence-corrected chi connectivity index (χ3v) is 3.54. The molecule has 0 unspecified atom stereocenters. The SMILES string of the molecule is NCCc1c[nH]c2c(C(=O)[C@@H](N)CCC(=O)O)cc(O)cc12. The summed E-state index contributed by atoms with van der Waals surface area (Å²) in [6, 6.07) is 1.98. The molecular formula is C15H19N3O4. The van der Waals surface area contributed by atoms with Crippen molar-refractivity contribution in [1.29, 1.82) is 0 Å². The van der Waals surface area contributed by atoms with Crippen molar-refractivity contribution in [2.24, 2.45) is 11.5 Å². The Bertz CT molecular complexity index is 708. The normalized spacial score (nSPS) is 12.5. The van der Waals surface area contributed by atoms with Gasteiger partial charge in [-0.1, -0.05) is 0 Å². The molecular weight excluding hydrogens is 286 g/mol. The number of ketones is 1. The molecule has 1 atom stereocenters. The predicted octanol–water partition coefficient (Wildman–Crippen LogP) is 0.750. The molecule has 0 saturated heterocycles. The zero-order valence-corrected chi connectivity index (χ0v) is 12.0. The van der Waals surface area contributed by atoms with Crippen LogP contribution in [0.1, 0.15) is 28.8 Å². The van der Waals surface area contributed by atoms with Crippen molar-refractivity contribution in [3.05, 3.63) is 29.5 Å². The van der Waals surface area contributed by atoms with Crippen LogP contribution in [0, 0.1) is 0 Å². The van der Waals surface area contributed by atoms with E-state index >= 15 is 0 Å². The van der Waals surface area contributed by atoms with Crippen molar-refractivity contribution >= 4 is 22.7 Å². The number of phenolic OH excluding ortho intramolecular Hbond substituents is 1. The molecule has 1 heterocycles. The Morgan fingerprint density at radius 1 is 1.32 bits per heavy atom. The first-order chi connectivity index (χ1) is 10.4. The molecule has 7 nitrogen and oxygen atoms in total. The number of fused-ring (bicyclic) bond motifs is 1. The number of benzene rings is 1. The van der Waals surface area contributed by atoms with Gasteiger partial charge < -0.3 is 26.7 Å².